The van der Waals surface area contributed by atoms with Crippen molar-refractivity contribution >= 4 is 0 Å². The van der Waals surface area contributed by atoms with Crippen LogP contribution in [0.15, 0.2) is 59.5 Å². The van der Waals surface area contributed by atoms with Crippen molar-refractivity contribution in [1.29, 1.82) is 0 Å². The van der Waals surface area contributed by atoms with Gasteiger partial charge in [0.15, 0.2) is 5.69 Å². The molecule has 0 aliphatic rings. The zero-order valence-corrected chi connectivity index (χ0v) is 12.4. The minimum absolute atomic E-state index is 0.284. The molecule has 3 aromatic heterocycles. The van der Waals surface area contributed by atoms with Crippen molar-refractivity contribution in [2.75, 3.05) is 0 Å². The monoisotopic (exact) mass is 322 g/mol. The predicted molar refractivity (Wildman–Crippen MR) is 82.0 cm³/mol. The number of pyridine rings is 1. The Morgan fingerprint density at radius 1 is 1.12 bits per heavy atom. The summed E-state index contributed by atoms with van der Waals surface area (Å²) in [5, 5.41) is 12.0. The van der Waals surface area contributed by atoms with Crippen molar-refractivity contribution in [3.63, 3.8) is 0 Å². The molecule has 4 aromatic rings. The fourth-order valence-electron chi connectivity index (χ4n) is 2.24. The molecule has 0 spiro atoms. The van der Waals surface area contributed by atoms with E-state index in [-0.39, 0.29) is 5.82 Å². The van der Waals surface area contributed by atoms with Crippen LogP contribution in [0.5, 0.6) is 0 Å². The van der Waals surface area contributed by atoms with Crippen LogP contribution in [0.25, 0.3) is 23.0 Å². The van der Waals surface area contributed by atoms with Gasteiger partial charge in [0, 0.05) is 18.0 Å². The van der Waals surface area contributed by atoms with Crippen molar-refractivity contribution in [2.45, 2.75) is 6.54 Å². The van der Waals surface area contributed by atoms with Crippen molar-refractivity contribution < 1.29 is 8.91 Å². The summed E-state index contributed by atoms with van der Waals surface area (Å²) >= 11 is 0. The van der Waals surface area contributed by atoms with Gasteiger partial charge in [0.25, 0.3) is 5.89 Å². The van der Waals surface area contributed by atoms with Crippen LogP contribution in [0.1, 0.15) is 5.56 Å². The van der Waals surface area contributed by atoms with E-state index in [4.69, 9.17) is 4.52 Å². The Labute approximate surface area is 135 Å². The number of hydrogen-bond acceptors (Lipinski definition) is 6. The highest BCUT2D eigenvalue weighted by molar-refractivity contribution is 5.55. The average Bonchev–Trinajstić information content (AvgIpc) is 3.25. The lowest BCUT2D eigenvalue weighted by Crippen LogP contribution is -2.00. The van der Waals surface area contributed by atoms with Gasteiger partial charge in [0.05, 0.1) is 12.7 Å². The van der Waals surface area contributed by atoms with Crippen LogP contribution in [-0.4, -0.2) is 30.1 Å². The van der Waals surface area contributed by atoms with Crippen LogP contribution in [0.2, 0.25) is 0 Å². The first-order chi connectivity index (χ1) is 11.8. The standard InChI is InChI=1S/C16H11FN6O/c17-13-3-1-2-11(8-13)9-23-10-14(20-22-23)15-19-16(24-21-15)12-4-6-18-7-5-12/h1-8,10H,9H2. The molecule has 3 heterocycles. The Bertz CT molecular complexity index is 965. The highest BCUT2D eigenvalue weighted by atomic mass is 19.1. The number of hydrogen-bond donors (Lipinski definition) is 0. The second-order valence-electron chi connectivity index (χ2n) is 5.09. The third-order valence-electron chi connectivity index (χ3n) is 3.35. The SMILES string of the molecule is Fc1cccc(Cn2cc(-c3noc(-c4ccncc4)n3)nn2)c1. The molecule has 0 unspecified atom stereocenters. The van der Waals surface area contributed by atoms with E-state index in [0.29, 0.717) is 24.0 Å². The van der Waals surface area contributed by atoms with Crippen molar-refractivity contribution in [3.8, 4) is 23.0 Å². The van der Waals surface area contributed by atoms with Gasteiger partial charge in [-0.1, -0.05) is 22.5 Å². The predicted octanol–water partition coefficient (Wildman–Crippen LogP) is 2.58. The van der Waals surface area contributed by atoms with E-state index in [1.54, 1.807) is 41.5 Å². The third kappa shape index (κ3) is 2.89. The van der Waals surface area contributed by atoms with Gasteiger partial charge < -0.3 is 4.52 Å². The molecular weight excluding hydrogens is 311 g/mol. The molecule has 0 atom stereocenters. The molecule has 0 aliphatic heterocycles. The Morgan fingerprint density at radius 3 is 2.83 bits per heavy atom. The summed E-state index contributed by atoms with van der Waals surface area (Å²) in [6.45, 7) is 0.403. The molecule has 0 aliphatic carbocycles. The highest BCUT2D eigenvalue weighted by Crippen LogP contribution is 2.20. The molecule has 7 nitrogen and oxygen atoms in total. The molecular formula is C16H11FN6O. The summed E-state index contributed by atoms with van der Waals surface area (Å²) in [5.74, 6) is 0.437. The van der Waals surface area contributed by atoms with Crippen molar-refractivity contribution in [3.05, 3.63) is 66.4 Å². The van der Waals surface area contributed by atoms with Crippen LogP contribution in [0.3, 0.4) is 0 Å². The smallest absolute Gasteiger partial charge is 0.258 e. The van der Waals surface area contributed by atoms with Gasteiger partial charge in [-0.05, 0) is 29.8 Å². The molecule has 0 N–H and O–H groups in total. The summed E-state index contributed by atoms with van der Waals surface area (Å²) in [6, 6.07) is 9.88. The zero-order chi connectivity index (χ0) is 16.4. The van der Waals surface area contributed by atoms with Gasteiger partial charge in [0.1, 0.15) is 5.82 Å². The topological polar surface area (TPSA) is 82.5 Å². The van der Waals surface area contributed by atoms with Gasteiger partial charge in [-0.2, -0.15) is 4.98 Å². The van der Waals surface area contributed by atoms with Gasteiger partial charge in [-0.3, -0.25) is 4.98 Å². The summed E-state index contributed by atoms with van der Waals surface area (Å²) < 4.78 is 20.0. The second kappa shape index (κ2) is 5.99. The third-order valence-corrected chi connectivity index (χ3v) is 3.35. The molecule has 0 fully saturated rings. The Hall–Kier alpha value is -3.42. The molecule has 0 radical (unpaired) electrons. The van der Waals surface area contributed by atoms with Crippen LogP contribution < -0.4 is 0 Å². The highest BCUT2D eigenvalue weighted by Gasteiger charge is 2.13. The second-order valence-corrected chi connectivity index (χ2v) is 5.09. The maximum Gasteiger partial charge on any atom is 0.258 e. The maximum absolute atomic E-state index is 13.2. The van der Waals surface area contributed by atoms with Crippen LogP contribution in [-0.2, 0) is 6.54 Å². The molecule has 8 heteroatoms. The van der Waals surface area contributed by atoms with Gasteiger partial charge >= 0.3 is 0 Å². The molecule has 0 saturated heterocycles. The number of aromatic nitrogens is 6. The summed E-state index contributed by atoms with van der Waals surface area (Å²) in [6.07, 6.45) is 4.98. The lowest BCUT2D eigenvalue weighted by Gasteiger charge is -2.00. The molecule has 118 valence electrons. The van der Waals surface area contributed by atoms with Crippen molar-refractivity contribution in [1.82, 2.24) is 30.1 Å². The Kier molecular flexibility index (Phi) is 3.54. The summed E-state index contributed by atoms with van der Waals surface area (Å²) in [4.78, 5) is 8.25. The molecule has 0 bridgehead atoms. The van der Waals surface area contributed by atoms with Crippen LogP contribution >= 0.6 is 0 Å². The Morgan fingerprint density at radius 2 is 2.00 bits per heavy atom. The van der Waals surface area contributed by atoms with Crippen LogP contribution in [0.4, 0.5) is 4.39 Å². The first-order valence-corrected chi connectivity index (χ1v) is 7.17. The van der Waals surface area contributed by atoms with Gasteiger partial charge in [0.2, 0.25) is 5.82 Å². The number of rotatable bonds is 4. The largest absolute Gasteiger partial charge is 0.334 e. The molecule has 0 amide bonds. The van der Waals surface area contributed by atoms with E-state index in [9.17, 15) is 4.39 Å². The number of nitrogens with zero attached hydrogens (tertiary/aromatic N) is 6. The lowest BCUT2D eigenvalue weighted by atomic mass is 10.2. The quantitative estimate of drug-likeness (QED) is 0.574. The summed E-state index contributed by atoms with van der Waals surface area (Å²) in [5.41, 5.74) is 2.04. The Balaban J connectivity index is 1.56. The fraction of sp³-hybridized carbons (Fsp3) is 0.0625. The van der Waals surface area contributed by atoms with Gasteiger partial charge in [-0.15, -0.1) is 5.10 Å². The first kappa shape index (κ1) is 14.2. The lowest BCUT2D eigenvalue weighted by molar-refractivity contribution is 0.432. The first-order valence-electron chi connectivity index (χ1n) is 7.17. The van der Waals surface area contributed by atoms with E-state index in [2.05, 4.69) is 25.4 Å². The van der Waals surface area contributed by atoms with E-state index in [1.807, 2.05) is 6.07 Å². The van der Waals surface area contributed by atoms with E-state index >= 15 is 0 Å². The molecule has 24 heavy (non-hydrogen) atoms. The molecule has 4 rings (SSSR count). The summed E-state index contributed by atoms with van der Waals surface area (Å²) in [7, 11) is 0. The maximum atomic E-state index is 13.2. The molecule has 1 aromatic carbocycles. The van der Waals surface area contributed by atoms with Gasteiger partial charge in [-0.25, -0.2) is 9.07 Å². The average molecular weight is 322 g/mol. The van der Waals surface area contributed by atoms with Crippen molar-refractivity contribution in [2.24, 2.45) is 0 Å². The minimum Gasteiger partial charge on any atom is -0.334 e. The van der Waals surface area contributed by atoms with E-state index < -0.39 is 0 Å². The van der Waals surface area contributed by atoms with E-state index in [1.165, 1.54) is 12.1 Å². The minimum atomic E-state index is -0.284. The molecule has 0 saturated carbocycles. The number of benzene rings is 1. The van der Waals surface area contributed by atoms with Crippen LogP contribution in [0, 0.1) is 5.82 Å². The fourth-order valence-corrected chi connectivity index (χ4v) is 2.24. The normalized spacial score (nSPS) is 10.9. The number of halogens is 1. The van der Waals surface area contributed by atoms with E-state index in [0.717, 1.165) is 11.1 Å². The zero-order valence-electron chi connectivity index (χ0n) is 12.4.